The highest BCUT2D eigenvalue weighted by Gasteiger charge is 2.07. The number of rotatable bonds is 7. The summed E-state index contributed by atoms with van der Waals surface area (Å²) in [4.78, 5) is 4.37. The van der Waals surface area contributed by atoms with E-state index in [1.54, 1.807) is 0 Å². The second kappa shape index (κ2) is 7.51. The van der Waals surface area contributed by atoms with Gasteiger partial charge in [-0.25, -0.2) is 4.98 Å². The Hall–Kier alpha value is -0.800. The summed E-state index contributed by atoms with van der Waals surface area (Å²) in [7, 11) is 1.84. The largest absolute Gasteiger partial charge is 0.375 e. The molecule has 0 spiro atoms. The van der Waals surface area contributed by atoms with Crippen molar-refractivity contribution in [2.45, 2.75) is 33.3 Å². The first-order valence-corrected chi connectivity index (χ1v) is 6.49. The second-order valence-corrected chi connectivity index (χ2v) is 4.48. The van der Waals surface area contributed by atoms with Gasteiger partial charge in [-0.3, -0.25) is 0 Å². The highest BCUT2D eigenvalue weighted by atomic mass is 35.5. The lowest BCUT2D eigenvalue weighted by Crippen LogP contribution is -2.08. The third-order valence-electron chi connectivity index (χ3n) is 2.92. The highest BCUT2D eigenvalue weighted by molar-refractivity contribution is 6.31. The summed E-state index contributed by atoms with van der Waals surface area (Å²) in [6.45, 7) is 5.62. The second-order valence-electron chi connectivity index (χ2n) is 4.07. The molecule has 0 radical (unpaired) electrons. The monoisotopic (exact) mass is 256 g/mol. The lowest BCUT2D eigenvalue weighted by Gasteiger charge is -2.13. The Morgan fingerprint density at radius 1 is 1.35 bits per heavy atom. The first-order chi connectivity index (χ1) is 8.21. The molecule has 0 unspecified atom stereocenters. The fourth-order valence-electron chi connectivity index (χ4n) is 1.57. The quantitative estimate of drug-likeness (QED) is 0.807. The molecular formula is C13H21ClN2O. The predicted molar refractivity (Wildman–Crippen MR) is 72.5 cm³/mol. The van der Waals surface area contributed by atoms with Gasteiger partial charge in [0.25, 0.3) is 0 Å². The van der Waals surface area contributed by atoms with E-state index < -0.39 is 0 Å². The Labute approximate surface area is 109 Å². The lowest BCUT2D eigenvalue weighted by atomic mass is 10.1. The van der Waals surface area contributed by atoms with Crippen molar-refractivity contribution in [3.63, 3.8) is 0 Å². The van der Waals surface area contributed by atoms with Crippen LogP contribution in [0.3, 0.4) is 0 Å². The van der Waals surface area contributed by atoms with Crippen LogP contribution in [0.15, 0.2) is 12.1 Å². The van der Waals surface area contributed by atoms with Gasteiger partial charge in [0.2, 0.25) is 0 Å². The van der Waals surface area contributed by atoms with E-state index in [1.165, 1.54) is 0 Å². The van der Waals surface area contributed by atoms with Gasteiger partial charge in [-0.15, -0.1) is 0 Å². The van der Waals surface area contributed by atoms with Crippen molar-refractivity contribution >= 4 is 17.4 Å². The zero-order chi connectivity index (χ0) is 12.7. The number of aromatic nitrogens is 1. The summed E-state index contributed by atoms with van der Waals surface area (Å²) >= 11 is 6.07. The van der Waals surface area contributed by atoms with Crippen LogP contribution in [0.1, 0.15) is 32.4 Å². The van der Waals surface area contributed by atoms with E-state index in [9.17, 15) is 0 Å². The molecule has 1 heterocycles. The fraction of sp³-hybridized carbons (Fsp3) is 0.615. The maximum absolute atomic E-state index is 6.07. The third kappa shape index (κ3) is 4.52. The average Bonchev–Trinajstić information content (AvgIpc) is 2.36. The van der Waals surface area contributed by atoms with Crippen molar-refractivity contribution in [1.82, 2.24) is 4.98 Å². The molecule has 17 heavy (non-hydrogen) atoms. The first-order valence-electron chi connectivity index (χ1n) is 6.12. The molecule has 96 valence electrons. The number of nitrogens with zero attached hydrogens (tertiary/aromatic N) is 1. The Kier molecular flexibility index (Phi) is 6.30. The van der Waals surface area contributed by atoms with Crippen LogP contribution in [0.4, 0.5) is 5.82 Å². The Bertz CT molecular complexity index is 340. The van der Waals surface area contributed by atoms with Crippen LogP contribution >= 0.6 is 11.6 Å². The molecule has 0 aromatic carbocycles. The Morgan fingerprint density at radius 2 is 2.06 bits per heavy atom. The Morgan fingerprint density at radius 3 is 2.65 bits per heavy atom. The van der Waals surface area contributed by atoms with Crippen molar-refractivity contribution in [3.05, 3.63) is 22.8 Å². The molecule has 0 aliphatic rings. The van der Waals surface area contributed by atoms with Crippen LogP contribution < -0.4 is 5.32 Å². The predicted octanol–water partition coefficient (Wildman–Crippen LogP) is 3.73. The number of ether oxygens (including phenoxy) is 1. The molecule has 1 aromatic heterocycles. The summed E-state index contributed by atoms with van der Waals surface area (Å²) in [6.07, 6.45) is 2.29. The molecule has 1 aromatic rings. The van der Waals surface area contributed by atoms with E-state index >= 15 is 0 Å². The molecule has 3 nitrogen and oxygen atoms in total. The van der Waals surface area contributed by atoms with E-state index in [-0.39, 0.29) is 0 Å². The van der Waals surface area contributed by atoms with Gasteiger partial charge in [0.1, 0.15) is 5.82 Å². The molecule has 0 saturated heterocycles. The number of anilines is 1. The molecule has 0 fully saturated rings. The number of pyridine rings is 1. The SMILES string of the molecule is CCC(CC)COCc1nc(NC)ccc1Cl. The maximum Gasteiger partial charge on any atom is 0.126 e. The topological polar surface area (TPSA) is 34.1 Å². The standard InChI is InChI=1S/C13H21ClN2O/c1-4-10(5-2)8-17-9-12-11(14)6-7-13(15-3)16-12/h6-7,10H,4-5,8-9H2,1-3H3,(H,15,16). The highest BCUT2D eigenvalue weighted by Crippen LogP contribution is 2.18. The Balaban J connectivity index is 2.50. The van der Waals surface area contributed by atoms with Crippen molar-refractivity contribution in [2.24, 2.45) is 5.92 Å². The van der Waals surface area contributed by atoms with Gasteiger partial charge in [-0.2, -0.15) is 0 Å². The fourth-order valence-corrected chi connectivity index (χ4v) is 1.73. The molecule has 4 heteroatoms. The minimum absolute atomic E-state index is 0.477. The zero-order valence-electron chi connectivity index (χ0n) is 10.8. The van der Waals surface area contributed by atoms with E-state index in [0.29, 0.717) is 17.5 Å². The first kappa shape index (κ1) is 14.3. The van der Waals surface area contributed by atoms with Gasteiger partial charge in [-0.05, 0) is 18.1 Å². The van der Waals surface area contributed by atoms with Gasteiger partial charge in [0.05, 0.1) is 17.3 Å². The summed E-state index contributed by atoms with van der Waals surface area (Å²) in [5.74, 6) is 1.44. The molecule has 0 bridgehead atoms. The van der Waals surface area contributed by atoms with Gasteiger partial charge in [-0.1, -0.05) is 38.3 Å². The average molecular weight is 257 g/mol. The summed E-state index contributed by atoms with van der Waals surface area (Å²) in [5, 5.41) is 3.65. The molecular weight excluding hydrogens is 236 g/mol. The van der Waals surface area contributed by atoms with Crippen molar-refractivity contribution in [1.29, 1.82) is 0 Å². The van der Waals surface area contributed by atoms with Crippen molar-refractivity contribution < 1.29 is 4.74 Å². The van der Waals surface area contributed by atoms with Crippen LogP contribution in [0.25, 0.3) is 0 Å². The molecule has 0 saturated carbocycles. The number of halogens is 1. The van der Waals surface area contributed by atoms with Crippen LogP contribution in [-0.4, -0.2) is 18.6 Å². The lowest BCUT2D eigenvalue weighted by molar-refractivity contribution is 0.0824. The van der Waals surface area contributed by atoms with Crippen LogP contribution in [-0.2, 0) is 11.3 Å². The molecule has 0 aliphatic carbocycles. The van der Waals surface area contributed by atoms with Gasteiger partial charge >= 0.3 is 0 Å². The summed E-state index contributed by atoms with van der Waals surface area (Å²) in [5.41, 5.74) is 0.796. The zero-order valence-corrected chi connectivity index (χ0v) is 11.5. The normalized spacial score (nSPS) is 10.9. The van der Waals surface area contributed by atoms with E-state index in [4.69, 9.17) is 16.3 Å². The van der Waals surface area contributed by atoms with E-state index in [2.05, 4.69) is 24.1 Å². The van der Waals surface area contributed by atoms with Crippen molar-refractivity contribution in [3.8, 4) is 0 Å². The molecule has 0 aliphatic heterocycles. The van der Waals surface area contributed by atoms with E-state index in [1.807, 2.05) is 19.2 Å². The third-order valence-corrected chi connectivity index (χ3v) is 3.27. The van der Waals surface area contributed by atoms with Gasteiger partial charge < -0.3 is 10.1 Å². The molecule has 0 amide bonds. The summed E-state index contributed by atoms with van der Waals surface area (Å²) < 4.78 is 5.67. The van der Waals surface area contributed by atoms with Gasteiger partial charge in [0, 0.05) is 13.7 Å². The molecule has 1 rings (SSSR count). The number of hydrogen-bond donors (Lipinski definition) is 1. The minimum atomic E-state index is 0.477. The van der Waals surface area contributed by atoms with E-state index in [0.717, 1.165) is 31.0 Å². The van der Waals surface area contributed by atoms with Crippen LogP contribution in [0.5, 0.6) is 0 Å². The minimum Gasteiger partial charge on any atom is -0.375 e. The van der Waals surface area contributed by atoms with Crippen LogP contribution in [0, 0.1) is 5.92 Å². The smallest absolute Gasteiger partial charge is 0.126 e. The molecule has 1 N–H and O–H groups in total. The van der Waals surface area contributed by atoms with Crippen molar-refractivity contribution in [2.75, 3.05) is 19.0 Å². The van der Waals surface area contributed by atoms with Gasteiger partial charge in [0.15, 0.2) is 0 Å². The molecule has 0 atom stereocenters. The number of nitrogens with one attached hydrogen (secondary N) is 1. The van der Waals surface area contributed by atoms with Crippen LogP contribution in [0.2, 0.25) is 5.02 Å². The maximum atomic E-state index is 6.07. The summed E-state index contributed by atoms with van der Waals surface area (Å²) in [6, 6.07) is 3.70. The number of hydrogen-bond acceptors (Lipinski definition) is 3.